The van der Waals surface area contributed by atoms with Gasteiger partial charge in [-0.25, -0.2) is 9.37 Å². The standard InChI is InChI=1S/C17H23FN4S.HI/c1-12-9-14(6-7-15(12)18)10-21-17(19-3)20-8-4-5-16-22-13(2)11-23-16;/h6-7,9,11H,4-5,8,10H2,1-3H3,(H2,19,20,21);1H. The molecule has 1 aromatic heterocycles. The van der Waals surface area contributed by atoms with E-state index in [0.717, 1.165) is 36.6 Å². The van der Waals surface area contributed by atoms with Gasteiger partial charge in [-0.05, 0) is 37.5 Å². The van der Waals surface area contributed by atoms with Crippen LogP contribution in [0.15, 0.2) is 28.6 Å². The molecule has 2 N–H and O–H groups in total. The van der Waals surface area contributed by atoms with Crippen LogP contribution in [0.1, 0.15) is 28.2 Å². The molecule has 0 aliphatic heterocycles. The Morgan fingerprint density at radius 2 is 2.08 bits per heavy atom. The van der Waals surface area contributed by atoms with Crippen LogP contribution in [-0.4, -0.2) is 24.5 Å². The lowest BCUT2D eigenvalue weighted by molar-refractivity contribution is 0.617. The van der Waals surface area contributed by atoms with Crippen LogP contribution in [0, 0.1) is 19.7 Å². The number of aromatic nitrogens is 1. The number of guanidine groups is 1. The van der Waals surface area contributed by atoms with Crippen LogP contribution < -0.4 is 10.6 Å². The molecule has 0 saturated heterocycles. The first-order valence-corrected chi connectivity index (χ1v) is 8.57. The summed E-state index contributed by atoms with van der Waals surface area (Å²) in [7, 11) is 1.75. The molecule has 0 aliphatic rings. The Kier molecular flexibility index (Phi) is 9.20. The summed E-state index contributed by atoms with van der Waals surface area (Å²) in [5, 5.41) is 9.78. The number of aliphatic imine (C=N–C) groups is 1. The highest BCUT2D eigenvalue weighted by Crippen LogP contribution is 2.10. The molecule has 2 rings (SSSR count). The fourth-order valence-corrected chi connectivity index (χ4v) is 3.01. The number of halogens is 2. The van der Waals surface area contributed by atoms with Gasteiger partial charge in [0, 0.05) is 37.6 Å². The minimum absolute atomic E-state index is 0. The molecule has 0 saturated carbocycles. The highest BCUT2D eigenvalue weighted by Gasteiger charge is 2.02. The van der Waals surface area contributed by atoms with E-state index < -0.39 is 0 Å². The van der Waals surface area contributed by atoms with E-state index in [4.69, 9.17) is 0 Å². The smallest absolute Gasteiger partial charge is 0.191 e. The van der Waals surface area contributed by atoms with Gasteiger partial charge in [-0.15, -0.1) is 35.3 Å². The summed E-state index contributed by atoms with van der Waals surface area (Å²) in [5.41, 5.74) is 2.78. The lowest BCUT2D eigenvalue weighted by atomic mass is 10.1. The first kappa shape index (κ1) is 20.8. The van der Waals surface area contributed by atoms with E-state index in [1.54, 1.807) is 31.4 Å². The van der Waals surface area contributed by atoms with Crippen molar-refractivity contribution in [2.24, 2.45) is 4.99 Å². The molecule has 24 heavy (non-hydrogen) atoms. The van der Waals surface area contributed by atoms with Crippen molar-refractivity contribution < 1.29 is 4.39 Å². The van der Waals surface area contributed by atoms with Crippen molar-refractivity contribution in [3.8, 4) is 0 Å². The van der Waals surface area contributed by atoms with E-state index in [2.05, 4.69) is 26.0 Å². The summed E-state index contributed by atoms with van der Waals surface area (Å²) in [4.78, 5) is 8.65. The van der Waals surface area contributed by atoms with Gasteiger partial charge in [0.25, 0.3) is 0 Å². The fraction of sp³-hybridized carbons (Fsp3) is 0.412. The van der Waals surface area contributed by atoms with Gasteiger partial charge in [0.15, 0.2) is 5.96 Å². The van der Waals surface area contributed by atoms with E-state index in [1.165, 1.54) is 11.1 Å². The van der Waals surface area contributed by atoms with Gasteiger partial charge >= 0.3 is 0 Å². The largest absolute Gasteiger partial charge is 0.356 e. The van der Waals surface area contributed by atoms with Gasteiger partial charge in [-0.2, -0.15) is 0 Å². The Hall–Kier alpha value is -1.22. The van der Waals surface area contributed by atoms with Crippen molar-refractivity contribution >= 4 is 41.3 Å². The van der Waals surface area contributed by atoms with Crippen LogP contribution in [-0.2, 0) is 13.0 Å². The molecule has 7 heteroatoms. The highest BCUT2D eigenvalue weighted by atomic mass is 127. The van der Waals surface area contributed by atoms with Crippen LogP contribution in [0.5, 0.6) is 0 Å². The third-order valence-corrected chi connectivity index (χ3v) is 4.46. The van der Waals surface area contributed by atoms with E-state index in [-0.39, 0.29) is 29.8 Å². The van der Waals surface area contributed by atoms with Gasteiger partial charge in [0.1, 0.15) is 5.82 Å². The lowest BCUT2D eigenvalue weighted by Gasteiger charge is -2.12. The number of hydrogen-bond donors (Lipinski definition) is 2. The van der Waals surface area contributed by atoms with E-state index in [0.29, 0.717) is 12.1 Å². The molecule has 1 aromatic carbocycles. The van der Waals surface area contributed by atoms with Gasteiger partial charge in [0.05, 0.1) is 5.01 Å². The van der Waals surface area contributed by atoms with Crippen LogP contribution >= 0.6 is 35.3 Å². The SMILES string of the molecule is CN=C(NCCCc1nc(C)cs1)NCc1ccc(F)c(C)c1.I. The molecule has 0 unspecified atom stereocenters. The molecule has 132 valence electrons. The quantitative estimate of drug-likeness (QED) is 0.297. The molecule has 0 radical (unpaired) electrons. The lowest BCUT2D eigenvalue weighted by Crippen LogP contribution is -2.37. The molecule has 0 amide bonds. The van der Waals surface area contributed by atoms with Crippen LogP contribution in [0.4, 0.5) is 4.39 Å². The molecular weight excluding hydrogens is 438 g/mol. The second kappa shape index (κ2) is 10.6. The summed E-state index contributed by atoms with van der Waals surface area (Å²) >= 11 is 1.71. The van der Waals surface area contributed by atoms with Crippen molar-refractivity contribution in [3.63, 3.8) is 0 Å². The average molecular weight is 462 g/mol. The molecule has 4 nitrogen and oxygen atoms in total. The van der Waals surface area contributed by atoms with Gasteiger partial charge in [-0.1, -0.05) is 12.1 Å². The Morgan fingerprint density at radius 3 is 2.71 bits per heavy atom. The molecular formula is C17H24FIN4S. The third kappa shape index (κ3) is 6.72. The van der Waals surface area contributed by atoms with E-state index >= 15 is 0 Å². The van der Waals surface area contributed by atoms with Gasteiger partial charge in [-0.3, -0.25) is 4.99 Å². The second-order valence-corrected chi connectivity index (χ2v) is 6.36. The van der Waals surface area contributed by atoms with E-state index in [1.807, 2.05) is 13.0 Å². The molecule has 0 atom stereocenters. The number of benzene rings is 1. The maximum absolute atomic E-state index is 13.2. The van der Waals surface area contributed by atoms with Crippen molar-refractivity contribution in [1.82, 2.24) is 15.6 Å². The zero-order valence-electron chi connectivity index (χ0n) is 14.2. The predicted molar refractivity (Wildman–Crippen MR) is 110 cm³/mol. The Bertz CT molecular complexity index is 672. The number of nitrogens with zero attached hydrogens (tertiary/aromatic N) is 2. The maximum atomic E-state index is 13.2. The van der Waals surface area contributed by atoms with Gasteiger partial charge in [0.2, 0.25) is 0 Å². The zero-order valence-corrected chi connectivity index (χ0v) is 17.4. The molecule has 0 spiro atoms. The first-order chi connectivity index (χ1) is 11.1. The third-order valence-electron chi connectivity index (χ3n) is 3.43. The van der Waals surface area contributed by atoms with Crippen LogP contribution in [0.2, 0.25) is 0 Å². The van der Waals surface area contributed by atoms with Crippen molar-refractivity contribution in [2.45, 2.75) is 33.2 Å². The molecule has 0 aliphatic carbocycles. The summed E-state index contributed by atoms with van der Waals surface area (Å²) < 4.78 is 13.2. The second-order valence-electron chi connectivity index (χ2n) is 5.42. The number of aryl methyl sites for hydroxylation is 3. The number of thiazole rings is 1. The van der Waals surface area contributed by atoms with Crippen molar-refractivity contribution in [3.05, 3.63) is 51.2 Å². The minimum atomic E-state index is -0.173. The van der Waals surface area contributed by atoms with Crippen molar-refractivity contribution in [1.29, 1.82) is 0 Å². The van der Waals surface area contributed by atoms with E-state index in [9.17, 15) is 4.39 Å². The fourth-order valence-electron chi connectivity index (χ4n) is 2.19. The molecule has 0 fully saturated rings. The molecule has 0 bridgehead atoms. The van der Waals surface area contributed by atoms with Crippen LogP contribution in [0.25, 0.3) is 0 Å². The Morgan fingerprint density at radius 1 is 1.29 bits per heavy atom. The number of rotatable bonds is 6. The van der Waals surface area contributed by atoms with Crippen LogP contribution in [0.3, 0.4) is 0 Å². The molecule has 1 heterocycles. The minimum Gasteiger partial charge on any atom is -0.356 e. The topological polar surface area (TPSA) is 49.3 Å². The summed E-state index contributed by atoms with van der Waals surface area (Å²) in [6.07, 6.45) is 1.98. The number of hydrogen-bond acceptors (Lipinski definition) is 3. The summed E-state index contributed by atoms with van der Waals surface area (Å²) in [5.74, 6) is 0.580. The average Bonchev–Trinajstić information content (AvgIpc) is 2.95. The Balaban J connectivity index is 0.00000288. The Labute approximate surface area is 164 Å². The highest BCUT2D eigenvalue weighted by molar-refractivity contribution is 14.0. The van der Waals surface area contributed by atoms with Crippen molar-refractivity contribution in [2.75, 3.05) is 13.6 Å². The summed E-state index contributed by atoms with van der Waals surface area (Å²) in [6, 6.07) is 5.13. The normalized spacial score (nSPS) is 11.1. The van der Waals surface area contributed by atoms with Gasteiger partial charge < -0.3 is 10.6 Å². The number of nitrogens with one attached hydrogen (secondary N) is 2. The summed E-state index contributed by atoms with van der Waals surface area (Å²) in [6.45, 7) is 5.24. The zero-order chi connectivity index (χ0) is 16.7. The maximum Gasteiger partial charge on any atom is 0.191 e. The monoisotopic (exact) mass is 462 g/mol. The molecule has 2 aromatic rings. The first-order valence-electron chi connectivity index (χ1n) is 7.69. The predicted octanol–water partition coefficient (Wildman–Crippen LogP) is 3.81.